The molecule has 3 aromatic rings. The zero-order valence-corrected chi connectivity index (χ0v) is 20.7. The summed E-state index contributed by atoms with van der Waals surface area (Å²) in [5, 5.41) is 3.74. The van der Waals surface area contributed by atoms with Crippen LogP contribution in [0.15, 0.2) is 67.8 Å². The summed E-state index contributed by atoms with van der Waals surface area (Å²) in [4.78, 5) is 23.4. The van der Waals surface area contributed by atoms with Crippen LogP contribution in [0.2, 0.25) is 5.02 Å². The van der Waals surface area contributed by atoms with Crippen LogP contribution >= 0.6 is 11.6 Å². The fourth-order valence-electron chi connectivity index (χ4n) is 3.63. The smallest absolute Gasteiger partial charge is 0.330 e. The maximum Gasteiger partial charge on any atom is 0.330 e. The fourth-order valence-corrected chi connectivity index (χ4v) is 3.80. The Morgan fingerprint density at radius 1 is 0.800 bits per heavy atom. The molecule has 0 fully saturated rings. The second kappa shape index (κ2) is 12.3. The van der Waals surface area contributed by atoms with Crippen molar-refractivity contribution in [1.29, 1.82) is 0 Å². The highest BCUT2D eigenvalue weighted by Crippen LogP contribution is 2.43. The van der Waals surface area contributed by atoms with Crippen molar-refractivity contribution in [2.45, 2.75) is 38.9 Å². The van der Waals surface area contributed by atoms with Gasteiger partial charge in [0.15, 0.2) is 0 Å². The first-order valence-electron chi connectivity index (χ1n) is 11.5. The molecule has 0 heterocycles. The van der Waals surface area contributed by atoms with E-state index in [1.165, 1.54) is 0 Å². The van der Waals surface area contributed by atoms with E-state index in [-0.39, 0.29) is 13.2 Å². The number of ether oxygens (including phenoxy) is 4. The molecule has 0 spiro atoms. The Balaban J connectivity index is 2.04. The fraction of sp³-hybridized carbons (Fsp3) is 0.286. The van der Waals surface area contributed by atoms with E-state index in [1.807, 2.05) is 50.2 Å². The SMILES string of the molecule is C=CC(=O)OC(CC)COc1c2ccccc2c(OCC(CC)OC(=O)C=C)c2cc(Cl)ccc12. The molecule has 0 radical (unpaired) electrons. The molecule has 0 aliphatic rings. The maximum atomic E-state index is 11.7. The van der Waals surface area contributed by atoms with Gasteiger partial charge < -0.3 is 18.9 Å². The van der Waals surface area contributed by atoms with Gasteiger partial charge in [-0.25, -0.2) is 9.59 Å². The monoisotopic (exact) mass is 496 g/mol. The number of rotatable bonds is 12. The van der Waals surface area contributed by atoms with Gasteiger partial charge in [-0.15, -0.1) is 0 Å². The van der Waals surface area contributed by atoms with Crippen molar-refractivity contribution in [2.24, 2.45) is 0 Å². The number of carbonyl (C=O) groups excluding carboxylic acids is 2. The molecule has 0 bridgehead atoms. The normalized spacial score (nSPS) is 12.5. The van der Waals surface area contributed by atoms with Crippen LogP contribution in [0.1, 0.15) is 26.7 Å². The van der Waals surface area contributed by atoms with Gasteiger partial charge in [0.2, 0.25) is 0 Å². The van der Waals surface area contributed by atoms with Crippen molar-refractivity contribution in [1.82, 2.24) is 0 Å². The largest absolute Gasteiger partial charge is 0.488 e. The molecule has 0 amide bonds. The Labute approximate surface area is 210 Å². The van der Waals surface area contributed by atoms with Gasteiger partial charge in [-0.05, 0) is 31.0 Å². The number of hydrogen-bond donors (Lipinski definition) is 0. The molecule has 184 valence electrons. The molecule has 6 nitrogen and oxygen atoms in total. The third kappa shape index (κ3) is 6.34. The van der Waals surface area contributed by atoms with E-state index in [2.05, 4.69) is 13.2 Å². The van der Waals surface area contributed by atoms with Crippen LogP contribution in [-0.2, 0) is 19.1 Å². The number of benzene rings is 3. The van der Waals surface area contributed by atoms with Gasteiger partial charge in [0.25, 0.3) is 0 Å². The first kappa shape index (κ1) is 26.1. The lowest BCUT2D eigenvalue weighted by atomic mass is 10.0. The van der Waals surface area contributed by atoms with E-state index < -0.39 is 24.1 Å². The van der Waals surface area contributed by atoms with Gasteiger partial charge in [0.05, 0.1) is 0 Å². The van der Waals surface area contributed by atoms with E-state index in [9.17, 15) is 9.59 Å². The number of halogens is 1. The maximum absolute atomic E-state index is 11.7. The molecule has 0 aliphatic carbocycles. The molecule has 2 unspecified atom stereocenters. The Morgan fingerprint density at radius 3 is 1.71 bits per heavy atom. The highest BCUT2D eigenvalue weighted by Gasteiger charge is 2.20. The minimum atomic E-state index is -0.496. The summed E-state index contributed by atoms with van der Waals surface area (Å²) in [6, 6.07) is 13.2. The van der Waals surface area contributed by atoms with Crippen LogP contribution in [-0.4, -0.2) is 37.4 Å². The quantitative estimate of drug-likeness (QED) is 0.164. The number of hydrogen-bond acceptors (Lipinski definition) is 6. The second-order valence-electron chi connectivity index (χ2n) is 7.86. The predicted molar refractivity (Wildman–Crippen MR) is 138 cm³/mol. The average Bonchev–Trinajstić information content (AvgIpc) is 2.88. The zero-order chi connectivity index (χ0) is 25.4. The molecule has 2 atom stereocenters. The van der Waals surface area contributed by atoms with Gasteiger partial charge >= 0.3 is 11.9 Å². The van der Waals surface area contributed by atoms with Gasteiger partial charge in [-0.3, -0.25) is 0 Å². The molecule has 0 saturated heterocycles. The molecule has 0 N–H and O–H groups in total. The number of carbonyl (C=O) groups is 2. The van der Waals surface area contributed by atoms with E-state index in [0.717, 1.165) is 33.7 Å². The van der Waals surface area contributed by atoms with Gasteiger partial charge in [-0.2, -0.15) is 0 Å². The van der Waals surface area contributed by atoms with E-state index in [0.29, 0.717) is 29.4 Å². The Morgan fingerprint density at radius 2 is 1.26 bits per heavy atom. The van der Waals surface area contributed by atoms with Crippen LogP contribution in [0.4, 0.5) is 0 Å². The minimum absolute atomic E-state index is 0.164. The molecule has 0 aromatic heterocycles. The topological polar surface area (TPSA) is 71.1 Å². The second-order valence-corrected chi connectivity index (χ2v) is 8.29. The van der Waals surface area contributed by atoms with Crippen molar-refractivity contribution in [3.05, 3.63) is 72.8 Å². The first-order valence-corrected chi connectivity index (χ1v) is 11.8. The molecule has 0 aliphatic heterocycles. The Kier molecular flexibility index (Phi) is 9.15. The minimum Gasteiger partial charge on any atom is -0.488 e. The molecule has 0 saturated carbocycles. The van der Waals surface area contributed by atoms with Crippen molar-refractivity contribution >= 4 is 45.1 Å². The van der Waals surface area contributed by atoms with E-state index >= 15 is 0 Å². The molecule has 7 heteroatoms. The van der Waals surface area contributed by atoms with Gasteiger partial charge in [-0.1, -0.05) is 62.9 Å². The van der Waals surface area contributed by atoms with Gasteiger partial charge in [0, 0.05) is 38.7 Å². The summed E-state index contributed by atoms with van der Waals surface area (Å²) in [5.74, 6) is 0.263. The highest BCUT2D eigenvalue weighted by molar-refractivity contribution is 6.31. The van der Waals surface area contributed by atoms with Crippen LogP contribution in [0, 0.1) is 0 Å². The molecular weight excluding hydrogens is 468 g/mol. The number of fused-ring (bicyclic) bond motifs is 2. The highest BCUT2D eigenvalue weighted by atomic mass is 35.5. The van der Waals surface area contributed by atoms with Crippen molar-refractivity contribution in [2.75, 3.05) is 13.2 Å². The lowest BCUT2D eigenvalue weighted by Crippen LogP contribution is -2.24. The van der Waals surface area contributed by atoms with E-state index in [1.54, 1.807) is 6.07 Å². The summed E-state index contributed by atoms with van der Waals surface area (Å²) < 4.78 is 23.3. The van der Waals surface area contributed by atoms with Crippen LogP contribution in [0.25, 0.3) is 21.5 Å². The Hall–Kier alpha value is -3.51. The first-order chi connectivity index (χ1) is 16.9. The third-order valence-electron chi connectivity index (χ3n) is 5.52. The standard InChI is InChI=1S/C28H29ClO6/c1-5-19(34-25(30)7-3)16-32-27-21-11-9-10-12-22(21)28(24-15-18(29)13-14-23(24)27)33-17-20(6-2)35-26(31)8-4/h7-15,19-20H,3-6,16-17H2,1-2H3. The summed E-state index contributed by atoms with van der Waals surface area (Å²) in [6.07, 6.45) is 2.58. The summed E-state index contributed by atoms with van der Waals surface area (Å²) in [6.45, 7) is 11.1. The lowest BCUT2D eigenvalue weighted by molar-refractivity contribution is -0.145. The molecule has 3 rings (SSSR count). The summed E-state index contributed by atoms with van der Waals surface area (Å²) in [7, 11) is 0. The summed E-state index contributed by atoms with van der Waals surface area (Å²) in [5.41, 5.74) is 0. The van der Waals surface area contributed by atoms with E-state index in [4.69, 9.17) is 30.5 Å². The third-order valence-corrected chi connectivity index (χ3v) is 5.76. The van der Waals surface area contributed by atoms with Crippen LogP contribution in [0.5, 0.6) is 11.5 Å². The van der Waals surface area contributed by atoms with Crippen molar-refractivity contribution in [3.8, 4) is 11.5 Å². The molecule has 35 heavy (non-hydrogen) atoms. The van der Waals surface area contributed by atoms with Gasteiger partial charge in [0.1, 0.15) is 36.9 Å². The average molecular weight is 497 g/mol. The van der Waals surface area contributed by atoms with Crippen molar-refractivity contribution < 1.29 is 28.5 Å². The van der Waals surface area contributed by atoms with Crippen molar-refractivity contribution in [3.63, 3.8) is 0 Å². The van der Waals surface area contributed by atoms with Crippen LogP contribution < -0.4 is 9.47 Å². The summed E-state index contributed by atoms with van der Waals surface area (Å²) >= 11 is 6.35. The Bertz CT molecular complexity index is 1240. The van der Waals surface area contributed by atoms with Crippen LogP contribution in [0.3, 0.4) is 0 Å². The zero-order valence-electron chi connectivity index (χ0n) is 19.9. The lowest BCUT2D eigenvalue weighted by Gasteiger charge is -2.22. The molecular formula is C28H29ClO6. The number of esters is 2. The molecule has 3 aromatic carbocycles. The predicted octanol–water partition coefficient (Wildman–Crippen LogP) is 6.42.